The number of hydrogen-bond acceptors (Lipinski definition) is 8. The van der Waals surface area contributed by atoms with Gasteiger partial charge in [0.1, 0.15) is 5.02 Å². The predicted octanol–water partition coefficient (Wildman–Crippen LogP) is 4.18. The molecule has 0 atom stereocenters. The van der Waals surface area contributed by atoms with E-state index < -0.39 is 22.5 Å². The molecule has 152 valence electrons. The van der Waals surface area contributed by atoms with E-state index in [9.17, 15) is 19.7 Å². The number of amides is 1. The average Bonchev–Trinajstić information content (AvgIpc) is 3.18. The highest BCUT2D eigenvalue weighted by Gasteiger charge is 2.20. The molecule has 0 aliphatic carbocycles. The lowest BCUT2D eigenvalue weighted by molar-refractivity contribution is -0.384. The number of nitrogens with zero attached hydrogens (tertiary/aromatic N) is 3. The lowest BCUT2D eigenvalue weighted by Gasteiger charge is -2.01. The van der Waals surface area contributed by atoms with Crippen molar-refractivity contribution in [2.24, 2.45) is 10.9 Å². The molecular formula is C18H10BrClN4O5S. The molecule has 0 saturated carbocycles. The van der Waals surface area contributed by atoms with E-state index in [1.807, 2.05) is 24.3 Å². The molecule has 3 aromatic rings. The summed E-state index contributed by atoms with van der Waals surface area (Å²) in [7, 11) is 0. The number of halogens is 2. The SMILES string of the molecule is NC(=O)C(=NOC(=O)c1ccc(Cl)c([N+](=O)[O-])c1)c1nc(-c2ccc(Br)cc2)cs1. The van der Waals surface area contributed by atoms with E-state index in [1.165, 1.54) is 12.1 Å². The van der Waals surface area contributed by atoms with E-state index in [4.69, 9.17) is 22.2 Å². The molecule has 2 aromatic carbocycles. The van der Waals surface area contributed by atoms with Crippen LogP contribution in [-0.2, 0) is 9.63 Å². The van der Waals surface area contributed by atoms with E-state index in [1.54, 1.807) is 5.38 Å². The maximum atomic E-state index is 12.2. The molecule has 0 spiro atoms. The number of nitrogens with two attached hydrogens (primary N) is 1. The van der Waals surface area contributed by atoms with Crippen molar-refractivity contribution in [1.29, 1.82) is 0 Å². The highest BCUT2D eigenvalue weighted by Crippen LogP contribution is 2.26. The molecule has 3 rings (SSSR count). The maximum Gasteiger partial charge on any atom is 0.366 e. The first-order valence-corrected chi connectivity index (χ1v) is 10.1. The smallest absolute Gasteiger partial charge is 0.364 e. The van der Waals surface area contributed by atoms with E-state index in [-0.39, 0.29) is 21.3 Å². The van der Waals surface area contributed by atoms with Crippen molar-refractivity contribution in [1.82, 2.24) is 4.98 Å². The Balaban J connectivity index is 1.84. The van der Waals surface area contributed by atoms with Gasteiger partial charge in [0, 0.05) is 21.5 Å². The third-order valence-electron chi connectivity index (χ3n) is 3.68. The maximum absolute atomic E-state index is 12.2. The third kappa shape index (κ3) is 4.87. The van der Waals surface area contributed by atoms with E-state index in [2.05, 4.69) is 26.1 Å². The molecule has 30 heavy (non-hydrogen) atoms. The molecular weight excluding hydrogens is 500 g/mol. The molecule has 12 heteroatoms. The standard InChI is InChI=1S/C18H10BrClN4O5S/c19-11-4-1-9(2-5-11)13-8-30-17(22-13)15(16(21)25)23-29-18(26)10-3-6-12(20)14(7-10)24(27)28/h1-8H,(H2,21,25). The first-order valence-electron chi connectivity index (χ1n) is 8.01. The summed E-state index contributed by atoms with van der Waals surface area (Å²) in [6, 6.07) is 10.7. The highest BCUT2D eigenvalue weighted by atomic mass is 79.9. The number of rotatable bonds is 6. The van der Waals surface area contributed by atoms with Gasteiger partial charge < -0.3 is 10.6 Å². The number of nitro groups is 1. The van der Waals surface area contributed by atoms with Gasteiger partial charge >= 0.3 is 5.97 Å². The quantitative estimate of drug-likeness (QED) is 0.229. The second kappa shape index (κ2) is 9.11. The molecule has 0 aliphatic heterocycles. The molecule has 9 nitrogen and oxygen atoms in total. The molecule has 0 radical (unpaired) electrons. The second-order valence-corrected chi connectivity index (χ2v) is 7.83. The molecule has 0 unspecified atom stereocenters. The van der Waals surface area contributed by atoms with Gasteiger partial charge in [-0.05, 0) is 24.3 Å². The fourth-order valence-electron chi connectivity index (χ4n) is 2.24. The number of primary amides is 1. The number of hydrogen-bond donors (Lipinski definition) is 1. The van der Waals surface area contributed by atoms with Gasteiger partial charge in [-0.3, -0.25) is 14.9 Å². The number of carbonyl (C=O) groups is 2. The number of thiazole rings is 1. The average molecular weight is 510 g/mol. The van der Waals surface area contributed by atoms with Crippen molar-refractivity contribution in [2.75, 3.05) is 0 Å². The Hall–Kier alpha value is -3.15. The first kappa shape index (κ1) is 21.6. The summed E-state index contributed by atoms with van der Waals surface area (Å²) in [6.45, 7) is 0. The van der Waals surface area contributed by atoms with Gasteiger partial charge in [-0.1, -0.05) is 44.8 Å². The zero-order chi connectivity index (χ0) is 21.8. The number of benzene rings is 2. The summed E-state index contributed by atoms with van der Waals surface area (Å²) < 4.78 is 0.899. The van der Waals surface area contributed by atoms with E-state index in [0.29, 0.717) is 5.69 Å². The largest absolute Gasteiger partial charge is 0.366 e. The van der Waals surface area contributed by atoms with E-state index >= 15 is 0 Å². The zero-order valence-electron chi connectivity index (χ0n) is 14.7. The van der Waals surface area contributed by atoms with Crippen LogP contribution in [0.3, 0.4) is 0 Å². The normalized spacial score (nSPS) is 11.2. The predicted molar refractivity (Wildman–Crippen MR) is 115 cm³/mol. The summed E-state index contributed by atoms with van der Waals surface area (Å²) in [4.78, 5) is 43.2. The zero-order valence-corrected chi connectivity index (χ0v) is 17.9. The molecule has 1 heterocycles. The Morgan fingerprint density at radius 2 is 1.93 bits per heavy atom. The number of oxime groups is 1. The Morgan fingerprint density at radius 1 is 1.23 bits per heavy atom. The minimum Gasteiger partial charge on any atom is -0.364 e. The van der Waals surface area contributed by atoms with Gasteiger partial charge in [0.15, 0.2) is 5.01 Å². The third-order valence-corrected chi connectivity index (χ3v) is 5.38. The van der Waals surface area contributed by atoms with Crippen LogP contribution in [0.25, 0.3) is 11.3 Å². The lowest BCUT2D eigenvalue weighted by Crippen LogP contribution is -2.25. The summed E-state index contributed by atoms with van der Waals surface area (Å²) in [6.07, 6.45) is 0. The van der Waals surface area contributed by atoms with Crippen molar-refractivity contribution in [3.05, 3.63) is 78.0 Å². The van der Waals surface area contributed by atoms with Crippen molar-refractivity contribution in [2.45, 2.75) is 0 Å². The minimum absolute atomic E-state index is 0.138. The second-order valence-electron chi connectivity index (χ2n) is 5.65. The number of carbonyl (C=O) groups excluding carboxylic acids is 2. The summed E-state index contributed by atoms with van der Waals surface area (Å²) in [5, 5.41) is 16.2. The van der Waals surface area contributed by atoms with Gasteiger partial charge in [-0.15, -0.1) is 11.3 Å². The van der Waals surface area contributed by atoms with Crippen LogP contribution in [0, 0.1) is 10.1 Å². The Labute approximate surface area is 186 Å². The molecule has 0 bridgehead atoms. The van der Waals surface area contributed by atoms with Crippen molar-refractivity contribution < 1.29 is 19.3 Å². The fraction of sp³-hybridized carbons (Fsp3) is 0. The van der Waals surface area contributed by atoms with Crippen LogP contribution in [0.4, 0.5) is 5.69 Å². The molecule has 1 aromatic heterocycles. The van der Waals surface area contributed by atoms with Crippen LogP contribution >= 0.6 is 38.9 Å². The van der Waals surface area contributed by atoms with Crippen LogP contribution in [0.15, 0.2) is 57.5 Å². The fourth-order valence-corrected chi connectivity index (χ4v) is 3.51. The summed E-state index contributed by atoms with van der Waals surface area (Å²) in [5.74, 6) is -1.99. The van der Waals surface area contributed by atoms with Gasteiger partial charge in [-0.2, -0.15) is 0 Å². The minimum atomic E-state index is -1.03. The Kier molecular flexibility index (Phi) is 6.55. The lowest BCUT2D eigenvalue weighted by atomic mass is 10.2. The van der Waals surface area contributed by atoms with Crippen LogP contribution < -0.4 is 5.73 Å². The van der Waals surface area contributed by atoms with Crippen LogP contribution in [0.2, 0.25) is 5.02 Å². The molecule has 1 amide bonds. The Morgan fingerprint density at radius 3 is 2.57 bits per heavy atom. The van der Waals surface area contributed by atoms with Gasteiger partial charge in [0.2, 0.25) is 5.71 Å². The number of nitro benzene ring substituents is 1. The van der Waals surface area contributed by atoms with Crippen molar-refractivity contribution in [3.8, 4) is 11.3 Å². The van der Waals surface area contributed by atoms with Crippen LogP contribution in [-0.4, -0.2) is 27.5 Å². The van der Waals surface area contributed by atoms with Crippen molar-refractivity contribution in [3.63, 3.8) is 0 Å². The highest BCUT2D eigenvalue weighted by molar-refractivity contribution is 9.10. The summed E-state index contributed by atoms with van der Waals surface area (Å²) in [5.41, 5.74) is 5.72. The van der Waals surface area contributed by atoms with Gasteiger partial charge in [-0.25, -0.2) is 9.78 Å². The topological polar surface area (TPSA) is 138 Å². The molecule has 0 aliphatic rings. The van der Waals surface area contributed by atoms with Crippen LogP contribution in [0.1, 0.15) is 15.4 Å². The van der Waals surface area contributed by atoms with Crippen LogP contribution in [0.5, 0.6) is 0 Å². The van der Waals surface area contributed by atoms with Gasteiger partial charge in [0.25, 0.3) is 11.6 Å². The monoisotopic (exact) mass is 508 g/mol. The summed E-state index contributed by atoms with van der Waals surface area (Å²) >= 11 is 10.1. The molecule has 2 N–H and O–H groups in total. The van der Waals surface area contributed by atoms with Crippen molar-refractivity contribution >= 4 is 62.1 Å². The first-order chi connectivity index (χ1) is 14.3. The van der Waals surface area contributed by atoms with E-state index in [0.717, 1.165) is 27.4 Å². The molecule has 0 fully saturated rings. The Bertz CT molecular complexity index is 1180. The molecule has 0 saturated heterocycles. The number of aromatic nitrogens is 1. The van der Waals surface area contributed by atoms with Gasteiger partial charge in [0.05, 0.1) is 16.2 Å².